The Kier molecular flexibility index (Phi) is 3.66. The minimum atomic E-state index is -1.20. The summed E-state index contributed by atoms with van der Waals surface area (Å²) in [5.74, 6) is -1.41. The predicted molar refractivity (Wildman–Crippen MR) is 66.0 cm³/mol. The van der Waals surface area contributed by atoms with E-state index in [-0.39, 0.29) is 25.3 Å². The van der Waals surface area contributed by atoms with Crippen LogP contribution in [0.5, 0.6) is 0 Å². The molecule has 1 aliphatic rings. The van der Waals surface area contributed by atoms with E-state index in [0.717, 1.165) is 12.1 Å². The highest BCUT2D eigenvalue weighted by molar-refractivity contribution is 5.26. The van der Waals surface area contributed by atoms with Crippen molar-refractivity contribution in [1.82, 2.24) is 14.8 Å². The van der Waals surface area contributed by atoms with E-state index in [2.05, 4.69) is 10.1 Å². The Bertz CT molecular complexity index is 623. The summed E-state index contributed by atoms with van der Waals surface area (Å²) in [6, 6.07) is 3.25. The molecule has 0 radical (unpaired) electrons. The van der Waals surface area contributed by atoms with Gasteiger partial charge in [0.1, 0.15) is 29.9 Å². The molecule has 0 bridgehead atoms. The van der Waals surface area contributed by atoms with Gasteiger partial charge in [0, 0.05) is 11.6 Å². The van der Waals surface area contributed by atoms with E-state index < -0.39 is 23.5 Å². The molecule has 1 aromatic carbocycles. The molecule has 0 spiro atoms. The fourth-order valence-electron chi connectivity index (χ4n) is 2.38. The zero-order chi connectivity index (χ0) is 14.9. The number of aliphatic hydroxyl groups excluding tert-OH is 1. The first-order valence-electron chi connectivity index (χ1n) is 6.31. The van der Waals surface area contributed by atoms with Gasteiger partial charge in [0.15, 0.2) is 6.29 Å². The first-order chi connectivity index (χ1) is 10.1. The molecule has 2 aromatic rings. The highest BCUT2D eigenvalue weighted by Gasteiger charge is 2.45. The van der Waals surface area contributed by atoms with Gasteiger partial charge in [-0.25, -0.2) is 18.4 Å². The maximum Gasteiger partial charge on any atom is 0.182 e. The van der Waals surface area contributed by atoms with Crippen molar-refractivity contribution in [2.45, 2.75) is 18.4 Å². The topological polar surface area (TPSA) is 69.4 Å². The number of aromatic nitrogens is 3. The van der Waals surface area contributed by atoms with Crippen LogP contribution in [0.4, 0.5) is 8.78 Å². The van der Waals surface area contributed by atoms with Crippen molar-refractivity contribution < 1.29 is 23.4 Å². The van der Waals surface area contributed by atoms with Crippen molar-refractivity contribution >= 4 is 0 Å². The van der Waals surface area contributed by atoms with Crippen LogP contribution in [0.25, 0.3) is 0 Å². The van der Waals surface area contributed by atoms with E-state index in [1.54, 1.807) is 0 Å². The standard InChI is InChI=1S/C13H13F2N3O3/c14-9-1-2-10(11(15)3-9)13(5-18-8-16-7-17-18)6-20-12(4-19)21-13/h1-3,7-8,12,19H,4-6H2/t12-,13?/m1/s1. The molecule has 1 aliphatic heterocycles. The van der Waals surface area contributed by atoms with Crippen LogP contribution in [-0.2, 0) is 21.6 Å². The number of hydrogen-bond acceptors (Lipinski definition) is 5. The molecule has 3 rings (SSSR count). The molecular formula is C13H13F2N3O3. The van der Waals surface area contributed by atoms with Crippen LogP contribution in [0, 0.1) is 11.6 Å². The van der Waals surface area contributed by atoms with E-state index in [1.807, 2.05) is 0 Å². The van der Waals surface area contributed by atoms with Crippen molar-refractivity contribution in [1.29, 1.82) is 0 Å². The first kappa shape index (κ1) is 14.1. The van der Waals surface area contributed by atoms with Crippen molar-refractivity contribution in [2.75, 3.05) is 13.2 Å². The lowest BCUT2D eigenvalue weighted by atomic mass is 9.94. The Morgan fingerprint density at radius 1 is 1.43 bits per heavy atom. The molecular weight excluding hydrogens is 284 g/mol. The zero-order valence-corrected chi connectivity index (χ0v) is 10.9. The SMILES string of the molecule is OC[C@@H]1OCC(Cn2cncn2)(c2ccc(F)cc2F)O1. The van der Waals surface area contributed by atoms with E-state index in [9.17, 15) is 8.78 Å². The third kappa shape index (κ3) is 2.65. The van der Waals surface area contributed by atoms with Gasteiger partial charge in [-0.3, -0.25) is 0 Å². The minimum Gasteiger partial charge on any atom is -0.391 e. The van der Waals surface area contributed by atoms with Crippen molar-refractivity contribution in [2.24, 2.45) is 0 Å². The summed E-state index contributed by atoms with van der Waals surface area (Å²) < 4.78 is 39.7. The maximum absolute atomic E-state index is 14.1. The van der Waals surface area contributed by atoms with E-state index in [4.69, 9.17) is 14.6 Å². The molecule has 2 atom stereocenters. The number of ether oxygens (including phenoxy) is 2. The van der Waals surface area contributed by atoms with Gasteiger partial charge in [-0.15, -0.1) is 0 Å². The summed E-state index contributed by atoms with van der Waals surface area (Å²) in [5, 5.41) is 13.1. The summed E-state index contributed by atoms with van der Waals surface area (Å²) in [4.78, 5) is 3.82. The Labute approximate surface area is 118 Å². The maximum atomic E-state index is 14.1. The van der Waals surface area contributed by atoms with Crippen molar-refractivity contribution in [3.8, 4) is 0 Å². The lowest BCUT2D eigenvalue weighted by Gasteiger charge is -2.28. The lowest BCUT2D eigenvalue weighted by Crippen LogP contribution is -2.36. The number of rotatable bonds is 4. The van der Waals surface area contributed by atoms with Crippen LogP contribution < -0.4 is 0 Å². The van der Waals surface area contributed by atoms with Gasteiger partial charge in [-0.2, -0.15) is 5.10 Å². The predicted octanol–water partition coefficient (Wildman–Crippen LogP) is 0.817. The van der Waals surface area contributed by atoms with Crippen LogP contribution in [0.2, 0.25) is 0 Å². The fraction of sp³-hybridized carbons (Fsp3) is 0.385. The first-order valence-corrected chi connectivity index (χ1v) is 6.31. The second-order valence-electron chi connectivity index (χ2n) is 4.75. The quantitative estimate of drug-likeness (QED) is 0.904. The summed E-state index contributed by atoms with van der Waals surface area (Å²) in [5.41, 5.74) is -1.05. The Hall–Kier alpha value is -1.90. The number of nitrogens with zero attached hydrogens (tertiary/aromatic N) is 3. The van der Waals surface area contributed by atoms with Crippen LogP contribution in [0.3, 0.4) is 0 Å². The molecule has 0 aliphatic carbocycles. The Balaban J connectivity index is 1.99. The number of benzene rings is 1. The van der Waals surface area contributed by atoms with Gasteiger partial charge in [-0.1, -0.05) is 6.07 Å². The van der Waals surface area contributed by atoms with Gasteiger partial charge in [0.05, 0.1) is 19.8 Å². The molecule has 2 heterocycles. The van der Waals surface area contributed by atoms with Gasteiger partial charge in [0.25, 0.3) is 0 Å². The second kappa shape index (κ2) is 5.47. The smallest absolute Gasteiger partial charge is 0.182 e. The van der Waals surface area contributed by atoms with Gasteiger partial charge >= 0.3 is 0 Å². The van der Waals surface area contributed by atoms with Crippen LogP contribution in [0.1, 0.15) is 5.56 Å². The van der Waals surface area contributed by atoms with Crippen molar-refractivity contribution in [3.63, 3.8) is 0 Å². The molecule has 1 aromatic heterocycles. The average molecular weight is 297 g/mol. The van der Waals surface area contributed by atoms with Gasteiger partial charge < -0.3 is 14.6 Å². The molecule has 0 saturated carbocycles. The molecule has 6 nitrogen and oxygen atoms in total. The number of hydrogen-bond donors (Lipinski definition) is 1. The van der Waals surface area contributed by atoms with Crippen LogP contribution >= 0.6 is 0 Å². The Morgan fingerprint density at radius 3 is 2.90 bits per heavy atom. The number of halogens is 2. The summed E-state index contributed by atoms with van der Waals surface area (Å²) in [6.07, 6.45) is 1.94. The van der Waals surface area contributed by atoms with E-state index in [1.165, 1.54) is 23.4 Å². The fourth-order valence-corrected chi connectivity index (χ4v) is 2.38. The summed E-state index contributed by atoms with van der Waals surface area (Å²) in [6.45, 7) is -0.214. The zero-order valence-electron chi connectivity index (χ0n) is 10.9. The van der Waals surface area contributed by atoms with E-state index >= 15 is 0 Å². The molecule has 1 fully saturated rings. The molecule has 112 valence electrons. The van der Waals surface area contributed by atoms with E-state index in [0.29, 0.717) is 0 Å². The van der Waals surface area contributed by atoms with Gasteiger partial charge in [-0.05, 0) is 6.07 Å². The molecule has 1 unspecified atom stereocenters. The number of aliphatic hydroxyl groups is 1. The van der Waals surface area contributed by atoms with Crippen molar-refractivity contribution in [3.05, 3.63) is 48.1 Å². The largest absolute Gasteiger partial charge is 0.391 e. The lowest BCUT2D eigenvalue weighted by molar-refractivity contribution is -0.121. The minimum absolute atomic E-state index is 0.0145. The summed E-state index contributed by atoms with van der Waals surface area (Å²) in [7, 11) is 0. The monoisotopic (exact) mass is 297 g/mol. The second-order valence-corrected chi connectivity index (χ2v) is 4.75. The molecule has 1 N–H and O–H groups in total. The highest BCUT2D eigenvalue weighted by Crippen LogP contribution is 2.36. The molecule has 0 amide bonds. The summed E-state index contributed by atoms with van der Waals surface area (Å²) >= 11 is 0. The molecule has 8 heteroatoms. The third-order valence-electron chi connectivity index (χ3n) is 3.31. The average Bonchev–Trinajstić information content (AvgIpc) is 3.09. The van der Waals surface area contributed by atoms with Crippen LogP contribution in [-0.4, -0.2) is 39.4 Å². The third-order valence-corrected chi connectivity index (χ3v) is 3.31. The highest BCUT2D eigenvalue weighted by atomic mass is 19.1. The molecule has 1 saturated heterocycles. The Morgan fingerprint density at radius 2 is 2.29 bits per heavy atom. The van der Waals surface area contributed by atoms with Crippen LogP contribution in [0.15, 0.2) is 30.9 Å². The molecule has 21 heavy (non-hydrogen) atoms. The van der Waals surface area contributed by atoms with Gasteiger partial charge in [0.2, 0.25) is 0 Å². The normalized spacial score (nSPS) is 25.4.